The maximum absolute atomic E-state index is 2.58. The van der Waals surface area contributed by atoms with Crippen molar-refractivity contribution < 1.29 is 0 Å². The van der Waals surface area contributed by atoms with Gasteiger partial charge in [-0.15, -0.1) is 0 Å². The van der Waals surface area contributed by atoms with E-state index in [1.54, 1.807) is 0 Å². The largest absolute Gasteiger partial charge is 0.308 e. The molecule has 298 valence electrons. The van der Waals surface area contributed by atoms with E-state index in [-0.39, 0.29) is 5.41 Å². The molecule has 0 aliphatic carbocycles. The molecule has 2 heteroatoms. The van der Waals surface area contributed by atoms with Gasteiger partial charge in [-0.2, -0.15) is 0 Å². The Labute approximate surface area is 368 Å². The Kier molecular flexibility index (Phi) is 8.55. The van der Waals surface area contributed by atoms with Crippen LogP contribution < -0.4 is 9.80 Å². The Hall–Kier alpha value is -7.94. The van der Waals surface area contributed by atoms with Crippen LogP contribution in [0.1, 0.15) is 25.0 Å². The lowest BCUT2D eigenvalue weighted by atomic mass is 9.70. The van der Waals surface area contributed by atoms with Crippen LogP contribution in [0.25, 0.3) is 65.3 Å². The van der Waals surface area contributed by atoms with Crippen molar-refractivity contribution in [2.24, 2.45) is 0 Å². The fourth-order valence-corrected chi connectivity index (χ4v) is 10.4. The van der Waals surface area contributed by atoms with Crippen LogP contribution in [0.2, 0.25) is 0 Å². The number of fused-ring (bicyclic) bond motifs is 7. The van der Waals surface area contributed by atoms with Crippen LogP contribution in [0.15, 0.2) is 231 Å². The zero-order chi connectivity index (χ0) is 42.1. The summed E-state index contributed by atoms with van der Waals surface area (Å²) in [5.41, 5.74) is 14.0. The number of hydrogen-bond acceptors (Lipinski definition) is 2. The van der Waals surface area contributed by atoms with Crippen LogP contribution >= 0.6 is 0 Å². The Bertz CT molecular complexity index is 3550. The Balaban J connectivity index is 1.18. The minimum absolute atomic E-state index is 0.309. The molecule has 0 atom stereocenters. The highest BCUT2D eigenvalue weighted by molar-refractivity contribution is 6.17. The summed E-state index contributed by atoms with van der Waals surface area (Å²) in [6, 6.07) is 85.0. The van der Waals surface area contributed by atoms with E-state index in [9.17, 15) is 0 Å². The molecule has 11 aromatic rings. The van der Waals surface area contributed by atoms with Gasteiger partial charge >= 0.3 is 0 Å². The first-order valence-electron chi connectivity index (χ1n) is 21.9. The van der Waals surface area contributed by atoms with Gasteiger partial charge in [0.1, 0.15) is 0 Å². The van der Waals surface area contributed by atoms with Gasteiger partial charge in [0.2, 0.25) is 0 Å². The molecule has 63 heavy (non-hydrogen) atoms. The number of anilines is 6. The number of rotatable bonds is 6. The summed E-state index contributed by atoms with van der Waals surface area (Å²) >= 11 is 0. The van der Waals surface area contributed by atoms with Crippen molar-refractivity contribution >= 4 is 77.2 Å². The molecule has 1 heterocycles. The average molecular weight is 805 g/mol. The predicted octanol–water partition coefficient (Wildman–Crippen LogP) is 17.2. The molecular weight excluding hydrogens is 761 g/mol. The zero-order valence-electron chi connectivity index (χ0n) is 35.3. The highest BCUT2D eigenvalue weighted by Gasteiger charge is 2.40. The van der Waals surface area contributed by atoms with E-state index in [1.165, 1.54) is 87.8 Å². The van der Waals surface area contributed by atoms with E-state index in [4.69, 9.17) is 0 Å². The van der Waals surface area contributed by atoms with E-state index < -0.39 is 0 Å². The van der Waals surface area contributed by atoms with Crippen LogP contribution in [-0.2, 0) is 5.41 Å². The first-order chi connectivity index (χ1) is 31.0. The molecule has 0 aromatic heterocycles. The minimum atomic E-state index is -0.309. The SMILES string of the molecule is CC1(C)c2ccccc2N(c2c(N(c3ccc(-c4ccccc4)cc3)c3cc4ccccc4c4ccccc34)ccc3ccccc23)c2cccc(-c3ccc4ccccc4c3)c21. The molecule has 0 bridgehead atoms. The molecule has 0 radical (unpaired) electrons. The first kappa shape index (κ1) is 36.9. The van der Waals surface area contributed by atoms with Crippen molar-refractivity contribution in [3.8, 4) is 22.3 Å². The van der Waals surface area contributed by atoms with Crippen LogP contribution in [0.4, 0.5) is 34.1 Å². The number of nitrogens with zero attached hydrogens (tertiary/aromatic N) is 2. The molecule has 0 N–H and O–H groups in total. The molecule has 0 saturated heterocycles. The zero-order valence-corrected chi connectivity index (χ0v) is 35.3. The third-order valence-corrected chi connectivity index (χ3v) is 13.4. The predicted molar refractivity (Wildman–Crippen MR) is 269 cm³/mol. The molecule has 11 aromatic carbocycles. The maximum atomic E-state index is 2.58. The van der Waals surface area contributed by atoms with Gasteiger partial charge in [0.15, 0.2) is 0 Å². The van der Waals surface area contributed by atoms with Gasteiger partial charge in [0.05, 0.1) is 28.4 Å². The summed E-state index contributed by atoms with van der Waals surface area (Å²) in [5, 5.41) is 9.74. The highest BCUT2D eigenvalue weighted by Crippen LogP contribution is 2.58. The molecule has 0 amide bonds. The highest BCUT2D eigenvalue weighted by atomic mass is 15.2. The molecule has 0 spiro atoms. The fourth-order valence-electron chi connectivity index (χ4n) is 10.4. The Morgan fingerprint density at radius 2 is 0.952 bits per heavy atom. The van der Waals surface area contributed by atoms with E-state index in [2.05, 4.69) is 254 Å². The lowest BCUT2D eigenvalue weighted by Crippen LogP contribution is -2.32. The number of hydrogen-bond donors (Lipinski definition) is 0. The van der Waals surface area contributed by atoms with Gasteiger partial charge in [0, 0.05) is 21.9 Å². The summed E-state index contributed by atoms with van der Waals surface area (Å²) < 4.78 is 0. The van der Waals surface area contributed by atoms with Crippen molar-refractivity contribution in [1.82, 2.24) is 0 Å². The number of benzene rings is 11. The summed E-state index contributed by atoms with van der Waals surface area (Å²) in [6.45, 7) is 4.80. The molecule has 1 aliphatic heterocycles. The standard InChI is InChI=1S/C61H44N2/c1-61(2)54-28-14-15-29-55(54)63(56-30-16-27-50(59(56)61)47-32-31-42-19-6-7-21-45(42)39-47)60-51-24-11-8-20-44(51)35-38-57(60)62(48-36-33-43(34-37-48)41-17-4-3-5-18-41)58-40-46-22-9-10-23-49(46)52-25-12-13-26-53(52)58/h3-40H,1-2H3. The fraction of sp³-hybridized carbons (Fsp3) is 0.0492. The second kappa shape index (κ2) is 14.6. The summed E-state index contributed by atoms with van der Waals surface area (Å²) in [7, 11) is 0. The molecule has 0 fully saturated rings. The molecule has 2 nitrogen and oxygen atoms in total. The third kappa shape index (κ3) is 5.94. The molecular formula is C61H44N2. The normalized spacial score (nSPS) is 13.0. The van der Waals surface area contributed by atoms with Crippen molar-refractivity contribution in [3.05, 3.63) is 242 Å². The monoisotopic (exact) mass is 804 g/mol. The van der Waals surface area contributed by atoms with Gasteiger partial charge in [-0.3, -0.25) is 0 Å². The first-order valence-corrected chi connectivity index (χ1v) is 21.9. The number of para-hydroxylation sites is 1. The molecule has 1 aliphatic rings. The van der Waals surface area contributed by atoms with E-state index in [1.807, 2.05) is 0 Å². The Morgan fingerprint density at radius 1 is 0.365 bits per heavy atom. The quantitative estimate of drug-likeness (QED) is 0.155. The maximum Gasteiger partial charge on any atom is 0.0781 e. The van der Waals surface area contributed by atoms with Gasteiger partial charge < -0.3 is 9.80 Å². The summed E-state index contributed by atoms with van der Waals surface area (Å²) in [6.07, 6.45) is 0. The second-order valence-corrected chi connectivity index (χ2v) is 17.3. The van der Waals surface area contributed by atoms with Gasteiger partial charge in [-0.1, -0.05) is 202 Å². The summed E-state index contributed by atoms with van der Waals surface area (Å²) in [5.74, 6) is 0. The van der Waals surface area contributed by atoms with Crippen molar-refractivity contribution in [2.75, 3.05) is 9.80 Å². The van der Waals surface area contributed by atoms with Crippen LogP contribution in [0.5, 0.6) is 0 Å². The Morgan fingerprint density at radius 3 is 1.76 bits per heavy atom. The van der Waals surface area contributed by atoms with Crippen molar-refractivity contribution in [1.29, 1.82) is 0 Å². The van der Waals surface area contributed by atoms with E-state index in [0.29, 0.717) is 0 Å². The topological polar surface area (TPSA) is 6.48 Å². The lowest BCUT2D eigenvalue weighted by Gasteiger charge is -2.44. The van der Waals surface area contributed by atoms with E-state index in [0.717, 1.165) is 22.7 Å². The van der Waals surface area contributed by atoms with Gasteiger partial charge in [0.25, 0.3) is 0 Å². The minimum Gasteiger partial charge on any atom is -0.308 e. The van der Waals surface area contributed by atoms with Gasteiger partial charge in [-0.05, 0) is 108 Å². The smallest absolute Gasteiger partial charge is 0.0781 e. The third-order valence-electron chi connectivity index (χ3n) is 13.4. The average Bonchev–Trinajstić information content (AvgIpc) is 3.34. The molecule has 0 saturated carbocycles. The van der Waals surface area contributed by atoms with Crippen LogP contribution in [0.3, 0.4) is 0 Å². The lowest BCUT2D eigenvalue weighted by molar-refractivity contribution is 0.634. The van der Waals surface area contributed by atoms with Gasteiger partial charge in [-0.25, -0.2) is 0 Å². The van der Waals surface area contributed by atoms with Crippen molar-refractivity contribution in [2.45, 2.75) is 19.3 Å². The van der Waals surface area contributed by atoms with Crippen molar-refractivity contribution in [3.63, 3.8) is 0 Å². The van der Waals surface area contributed by atoms with E-state index >= 15 is 0 Å². The van der Waals surface area contributed by atoms with Crippen LogP contribution in [-0.4, -0.2) is 0 Å². The summed E-state index contributed by atoms with van der Waals surface area (Å²) in [4.78, 5) is 5.09. The molecule has 0 unspecified atom stereocenters. The molecule has 12 rings (SSSR count). The second-order valence-electron chi connectivity index (χ2n) is 17.3. The van der Waals surface area contributed by atoms with Crippen LogP contribution in [0, 0.1) is 0 Å².